The van der Waals surface area contributed by atoms with Crippen LogP contribution in [-0.4, -0.2) is 42.9 Å². The molecule has 6 nitrogen and oxygen atoms in total. The van der Waals surface area contributed by atoms with Crippen molar-refractivity contribution in [1.29, 1.82) is 0 Å². The van der Waals surface area contributed by atoms with Crippen molar-refractivity contribution in [1.82, 2.24) is 10.4 Å². The van der Waals surface area contributed by atoms with Crippen LogP contribution in [0.4, 0.5) is 13.2 Å². The molecule has 178 valence electrons. The van der Waals surface area contributed by atoms with E-state index in [-0.39, 0.29) is 43.1 Å². The number of ketones is 1. The highest BCUT2D eigenvalue weighted by atomic mass is 19.4. The molecule has 33 heavy (non-hydrogen) atoms. The monoisotopic (exact) mass is 464 g/mol. The molecule has 0 saturated heterocycles. The minimum absolute atomic E-state index is 0.0167. The highest BCUT2D eigenvalue weighted by Gasteiger charge is 2.30. The Hall–Kier alpha value is -3.20. The third kappa shape index (κ3) is 8.34. The second-order valence-corrected chi connectivity index (χ2v) is 7.41. The van der Waals surface area contributed by atoms with Crippen LogP contribution in [0.15, 0.2) is 48.5 Å². The summed E-state index contributed by atoms with van der Waals surface area (Å²) < 4.78 is 43.2. The number of esters is 1. The summed E-state index contributed by atoms with van der Waals surface area (Å²) in [6.07, 6.45) is -3.77. The molecule has 0 radical (unpaired) electrons. The van der Waals surface area contributed by atoms with Gasteiger partial charge in [0.25, 0.3) is 0 Å². The Bertz CT molecular complexity index is 959. The van der Waals surface area contributed by atoms with Gasteiger partial charge < -0.3 is 4.74 Å². The van der Waals surface area contributed by atoms with Gasteiger partial charge in [-0.3, -0.25) is 14.6 Å². The molecule has 0 unspecified atom stereocenters. The van der Waals surface area contributed by atoms with Crippen molar-refractivity contribution < 1.29 is 32.3 Å². The van der Waals surface area contributed by atoms with E-state index in [2.05, 4.69) is 10.2 Å². The summed E-state index contributed by atoms with van der Waals surface area (Å²) in [5.74, 6) is -0.875. The Morgan fingerprint density at radius 1 is 1.03 bits per heavy atom. The van der Waals surface area contributed by atoms with Gasteiger partial charge >= 0.3 is 12.1 Å². The van der Waals surface area contributed by atoms with Crippen molar-refractivity contribution in [2.45, 2.75) is 38.8 Å². The molecule has 2 aromatic rings. The Morgan fingerprint density at radius 2 is 1.73 bits per heavy atom. The molecule has 1 amide bonds. The quantitative estimate of drug-likeness (QED) is 0.402. The molecule has 0 aliphatic rings. The Balaban J connectivity index is 1.87. The molecule has 0 saturated carbocycles. The molecular formula is C24H27F3N2O4. The molecule has 0 aliphatic carbocycles. The van der Waals surface area contributed by atoms with Gasteiger partial charge in [-0.25, -0.2) is 10.2 Å². The van der Waals surface area contributed by atoms with Crippen LogP contribution in [0.5, 0.6) is 0 Å². The van der Waals surface area contributed by atoms with E-state index in [1.54, 1.807) is 31.2 Å². The van der Waals surface area contributed by atoms with Crippen molar-refractivity contribution in [3.8, 4) is 0 Å². The van der Waals surface area contributed by atoms with E-state index in [0.717, 1.165) is 17.7 Å². The van der Waals surface area contributed by atoms with E-state index in [1.165, 1.54) is 24.3 Å². The molecular weight excluding hydrogens is 437 g/mol. The maximum Gasteiger partial charge on any atom is 0.416 e. The number of carbonyl (C=O) groups is 3. The topological polar surface area (TPSA) is 75.7 Å². The molecule has 0 aliphatic heterocycles. The average molecular weight is 464 g/mol. The molecule has 0 bridgehead atoms. The number of carbonyl (C=O) groups excluding carboxylic acids is 3. The normalized spacial score (nSPS) is 11.2. The van der Waals surface area contributed by atoms with E-state index >= 15 is 0 Å². The van der Waals surface area contributed by atoms with Gasteiger partial charge in [-0.2, -0.15) is 13.2 Å². The van der Waals surface area contributed by atoms with E-state index < -0.39 is 17.7 Å². The molecule has 1 N–H and O–H groups in total. The molecule has 0 atom stereocenters. The van der Waals surface area contributed by atoms with Gasteiger partial charge in [-0.15, -0.1) is 0 Å². The molecule has 0 heterocycles. The number of ether oxygens (including phenoxy) is 1. The lowest BCUT2D eigenvalue weighted by molar-refractivity contribution is -0.138. The Morgan fingerprint density at radius 3 is 2.33 bits per heavy atom. The summed E-state index contributed by atoms with van der Waals surface area (Å²) in [5.41, 5.74) is 3.88. The number of hydrazine groups is 1. The number of methoxy groups -OCH3 is 1. The predicted octanol–water partition coefficient (Wildman–Crippen LogP) is 3.98. The SMILES string of the molecule is CCC(=O)N(CCC(=O)Cc1cccc(C(F)(F)F)c1)NCCc1ccc(C(=O)OC)cc1. The molecule has 0 spiro atoms. The zero-order valence-electron chi connectivity index (χ0n) is 18.6. The van der Waals surface area contributed by atoms with Gasteiger partial charge in [-0.05, 0) is 35.7 Å². The summed E-state index contributed by atoms with van der Waals surface area (Å²) in [6, 6.07) is 11.6. The Labute approximate surface area is 190 Å². The summed E-state index contributed by atoms with van der Waals surface area (Å²) in [6.45, 7) is 2.24. The average Bonchev–Trinajstić information content (AvgIpc) is 2.80. The smallest absolute Gasteiger partial charge is 0.416 e. The fourth-order valence-electron chi connectivity index (χ4n) is 3.15. The number of hydrogen-bond acceptors (Lipinski definition) is 5. The lowest BCUT2D eigenvalue weighted by atomic mass is 10.0. The van der Waals surface area contributed by atoms with Crippen LogP contribution in [0, 0.1) is 0 Å². The predicted molar refractivity (Wildman–Crippen MR) is 116 cm³/mol. The highest BCUT2D eigenvalue weighted by Crippen LogP contribution is 2.29. The van der Waals surface area contributed by atoms with Crippen molar-refractivity contribution >= 4 is 17.7 Å². The van der Waals surface area contributed by atoms with Crippen LogP contribution in [0.25, 0.3) is 0 Å². The first-order valence-electron chi connectivity index (χ1n) is 10.5. The number of Topliss-reactive ketones (excluding diaryl/α,β-unsaturated/α-hetero) is 1. The maximum atomic E-state index is 12.8. The van der Waals surface area contributed by atoms with Crippen LogP contribution in [0.2, 0.25) is 0 Å². The van der Waals surface area contributed by atoms with Crippen LogP contribution < -0.4 is 5.43 Å². The van der Waals surface area contributed by atoms with Crippen LogP contribution in [0.3, 0.4) is 0 Å². The van der Waals surface area contributed by atoms with Crippen molar-refractivity contribution in [3.63, 3.8) is 0 Å². The third-order valence-corrected chi connectivity index (χ3v) is 4.96. The fourth-order valence-corrected chi connectivity index (χ4v) is 3.15. The number of benzene rings is 2. The molecule has 2 aromatic carbocycles. The van der Waals surface area contributed by atoms with Crippen molar-refractivity contribution in [2.24, 2.45) is 0 Å². The molecule has 9 heteroatoms. The highest BCUT2D eigenvalue weighted by molar-refractivity contribution is 5.89. The summed E-state index contributed by atoms with van der Waals surface area (Å²) in [4.78, 5) is 36.0. The van der Waals surface area contributed by atoms with Gasteiger partial charge in [0, 0.05) is 32.4 Å². The van der Waals surface area contributed by atoms with Crippen LogP contribution >= 0.6 is 0 Å². The van der Waals surface area contributed by atoms with Crippen LogP contribution in [-0.2, 0) is 33.3 Å². The zero-order chi connectivity index (χ0) is 24.4. The first-order chi connectivity index (χ1) is 15.6. The Kier molecular flexibility index (Phi) is 9.59. The minimum atomic E-state index is -4.47. The second-order valence-electron chi connectivity index (χ2n) is 7.41. The van der Waals surface area contributed by atoms with E-state index in [4.69, 9.17) is 0 Å². The van der Waals surface area contributed by atoms with E-state index in [0.29, 0.717) is 18.5 Å². The first kappa shape index (κ1) is 26.1. The van der Waals surface area contributed by atoms with Gasteiger partial charge in [0.05, 0.1) is 18.2 Å². The zero-order valence-corrected chi connectivity index (χ0v) is 18.6. The number of nitrogens with zero attached hydrogens (tertiary/aromatic N) is 1. The lowest BCUT2D eigenvalue weighted by Gasteiger charge is -2.23. The van der Waals surface area contributed by atoms with Crippen molar-refractivity contribution in [3.05, 3.63) is 70.8 Å². The van der Waals surface area contributed by atoms with Gasteiger partial charge in [0.2, 0.25) is 5.91 Å². The first-order valence-corrected chi connectivity index (χ1v) is 10.5. The van der Waals surface area contributed by atoms with Crippen LogP contribution in [0.1, 0.15) is 46.8 Å². The third-order valence-electron chi connectivity index (χ3n) is 4.96. The number of rotatable bonds is 11. The number of hydrogen-bond donors (Lipinski definition) is 1. The van der Waals surface area contributed by atoms with Gasteiger partial charge in [0.15, 0.2) is 0 Å². The summed E-state index contributed by atoms with van der Waals surface area (Å²) in [7, 11) is 1.31. The number of amides is 1. The number of halogens is 3. The fraction of sp³-hybridized carbons (Fsp3) is 0.375. The van der Waals surface area contributed by atoms with E-state index in [1.807, 2.05) is 0 Å². The van der Waals surface area contributed by atoms with E-state index in [9.17, 15) is 27.6 Å². The number of nitrogens with one attached hydrogen (secondary N) is 1. The van der Waals surface area contributed by atoms with Gasteiger partial charge in [0.1, 0.15) is 5.78 Å². The summed E-state index contributed by atoms with van der Waals surface area (Å²) in [5, 5.41) is 1.37. The molecule has 0 aromatic heterocycles. The standard InChI is InChI=1S/C24H27F3N2O4/c1-3-22(31)29(28-13-11-17-7-9-19(10-8-17)23(32)33-2)14-12-21(30)16-18-5-4-6-20(15-18)24(25,26)27/h4-10,15,28H,3,11-14,16H2,1-2H3. The molecule has 2 rings (SSSR count). The summed E-state index contributed by atoms with van der Waals surface area (Å²) >= 11 is 0. The van der Waals surface area contributed by atoms with Crippen molar-refractivity contribution in [2.75, 3.05) is 20.2 Å². The maximum absolute atomic E-state index is 12.8. The second kappa shape index (κ2) is 12.2. The largest absolute Gasteiger partial charge is 0.465 e. The number of alkyl halides is 3. The molecule has 0 fully saturated rings. The lowest BCUT2D eigenvalue weighted by Crippen LogP contribution is -2.44. The minimum Gasteiger partial charge on any atom is -0.465 e. The van der Waals surface area contributed by atoms with Gasteiger partial charge in [-0.1, -0.05) is 37.3 Å².